The molecule has 0 aliphatic carbocycles. The molecule has 0 spiro atoms. The number of nitrogens with zero attached hydrogens (tertiary/aromatic N) is 4. The van der Waals surface area contributed by atoms with Gasteiger partial charge in [0.2, 0.25) is 5.91 Å². The summed E-state index contributed by atoms with van der Waals surface area (Å²) in [7, 11) is 0. The largest absolute Gasteiger partial charge is 0.350 e. The van der Waals surface area contributed by atoms with E-state index in [2.05, 4.69) is 27.1 Å². The lowest BCUT2D eigenvalue weighted by molar-refractivity contribution is -0.132. The molecule has 2 heterocycles. The van der Waals surface area contributed by atoms with Crippen molar-refractivity contribution in [3.8, 4) is 0 Å². The van der Waals surface area contributed by atoms with Crippen LogP contribution >= 0.6 is 0 Å². The van der Waals surface area contributed by atoms with Crippen LogP contribution in [0.1, 0.15) is 29.5 Å². The molecule has 1 fully saturated rings. The number of nitrogens with one attached hydrogen (secondary N) is 1. The molecule has 1 aromatic heterocycles. The summed E-state index contributed by atoms with van der Waals surface area (Å²) in [6.45, 7) is 8.67. The molecule has 7 nitrogen and oxygen atoms in total. The zero-order valence-corrected chi connectivity index (χ0v) is 13.2. The van der Waals surface area contributed by atoms with Gasteiger partial charge in [-0.25, -0.2) is 4.98 Å². The van der Waals surface area contributed by atoms with Crippen LogP contribution in [0.4, 0.5) is 0 Å². The highest BCUT2D eigenvalue weighted by Crippen LogP contribution is 2.03. The number of piperazine rings is 1. The Bertz CT molecular complexity index is 509. The van der Waals surface area contributed by atoms with E-state index in [1.165, 1.54) is 6.20 Å². The highest BCUT2D eigenvalue weighted by atomic mass is 16.2. The van der Waals surface area contributed by atoms with Gasteiger partial charge in [0.05, 0.1) is 11.9 Å². The number of carbonyl (C=O) groups excluding carboxylic acids is 2. The fourth-order valence-corrected chi connectivity index (χ4v) is 2.35. The Morgan fingerprint density at radius 2 is 1.91 bits per heavy atom. The van der Waals surface area contributed by atoms with Crippen LogP contribution in [-0.4, -0.2) is 70.9 Å². The predicted octanol–water partition coefficient (Wildman–Crippen LogP) is 0.0690. The van der Waals surface area contributed by atoms with Gasteiger partial charge in [-0.15, -0.1) is 0 Å². The summed E-state index contributed by atoms with van der Waals surface area (Å²) in [6.07, 6.45) is 3.31. The first-order chi connectivity index (χ1) is 10.6. The Morgan fingerprint density at radius 1 is 1.18 bits per heavy atom. The van der Waals surface area contributed by atoms with Crippen LogP contribution in [-0.2, 0) is 4.79 Å². The maximum absolute atomic E-state index is 12.1. The molecule has 22 heavy (non-hydrogen) atoms. The Labute approximate surface area is 130 Å². The van der Waals surface area contributed by atoms with E-state index >= 15 is 0 Å². The van der Waals surface area contributed by atoms with Crippen molar-refractivity contribution in [2.75, 3.05) is 39.3 Å². The molecule has 2 rings (SSSR count). The third-order valence-electron chi connectivity index (χ3n) is 3.81. The lowest BCUT2D eigenvalue weighted by Crippen LogP contribution is -2.49. The second kappa shape index (κ2) is 7.84. The highest BCUT2D eigenvalue weighted by molar-refractivity contribution is 5.92. The summed E-state index contributed by atoms with van der Waals surface area (Å²) >= 11 is 0. The third kappa shape index (κ3) is 4.49. The average Bonchev–Trinajstić information content (AvgIpc) is 2.55. The van der Waals surface area contributed by atoms with Gasteiger partial charge in [0, 0.05) is 45.3 Å². The van der Waals surface area contributed by atoms with Crippen LogP contribution in [0.2, 0.25) is 0 Å². The Balaban J connectivity index is 1.71. The van der Waals surface area contributed by atoms with E-state index < -0.39 is 0 Å². The first-order valence-corrected chi connectivity index (χ1v) is 7.67. The Hall–Kier alpha value is -2.02. The zero-order chi connectivity index (χ0) is 15.9. The Morgan fingerprint density at radius 3 is 2.50 bits per heavy atom. The van der Waals surface area contributed by atoms with Crippen molar-refractivity contribution >= 4 is 11.8 Å². The number of rotatable bonds is 5. The smallest absolute Gasteiger partial charge is 0.271 e. The topological polar surface area (TPSA) is 78.4 Å². The molecule has 2 amide bonds. The maximum atomic E-state index is 12.1. The lowest BCUT2D eigenvalue weighted by atomic mass is 10.2. The maximum Gasteiger partial charge on any atom is 0.271 e. The summed E-state index contributed by atoms with van der Waals surface area (Å²) in [4.78, 5) is 36.2. The molecule has 1 N–H and O–H groups in total. The van der Waals surface area contributed by atoms with Crippen LogP contribution in [0.3, 0.4) is 0 Å². The molecule has 1 aromatic rings. The van der Waals surface area contributed by atoms with Gasteiger partial charge < -0.3 is 15.1 Å². The first-order valence-electron chi connectivity index (χ1n) is 7.67. The SMILES string of the molecule is CCN1CCN(C(=O)CCNC(=O)c2cnc(C)cn2)CC1. The normalized spacial score (nSPS) is 15.6. The van der Waals surface area contributed by atoms with Crippen molar-refractivity contribution in [2.45, 2.75) is 20.3 Å². The number of likely N-dealkylation sites (N-methyl/N-ethyl adjacent to an activating group) is 1. The number of aromatic nitrogens is 2. The number of amides is 2. The monoisotopic (exact) mass is 305 g/mol. The van der Waals surface area contributed by atoms with E-state index in [9.17, 15) is 9.59 Å². The van der Waals surface area contributed by atoms with Crippen LogP contribution in [0.5, 0.6) is 0 Å². The molecule has 120 valence electrons. The molecule has 1 saturated heterocycles. The van der Waals surface area contributed by atoms with Crippen molar-refractivity contribution < 1.29 is 9.59 Å². The molecule has 1 aliphatic rings. The minimum absolute atomic E-state index is 0.0889. The molecule has 7 heteroatoms. The van der Waals surface area contributed by atoms with E-state index in [1.807, 2.05) is 11.8 Å². The standard InChI is InChI=1S/C15H23N5O2/c1-3-19-6-8-20(9-7-19)14(21)4-5-16-15(22)13-11-17-12(2)10-18-13/h10-11H,3-9H2,1-2H3,(H,16,22). The zero-order valence-electron chi connectivity index (χ0n) is 13.2. The third-order valence-corrected chi connectivity index (χ3v) is 3.81. The minimum atomic E-state index is -0.295. The van der Waals surface area contributed by atoms with E-state index in [0.717, 1.165) is 38.4 Å². The number of aryl methyl sites for hydroxylation is 1. The summed E-state index contributed by atoms with van der Waals surface area (Å²) in [6, 6.07) is 0. The average molecular weight is 305 g/mol. The van der Waals surface area contributed by atoms with E-state index in [0.29, 0.717) is 13.0 Å². The number of hydrogen-bond donors (Lipinski definition) is 1. The summed E-state index contributed by atoms with van der Waals surface area (Å²) in [5.41, 5.74) is 1.03. The summed E-state index contributed by atoms with van der Waals surface area (Å²) in [5.74, 6) is -0.206. The van der Waals surface area contributed by atoms with Crippen molar-refractivity contribution in [3.05, 3.63) is 23.8 Å². The number of carbonyl (C=O) groups is 2. The van der Waals surface area contributed by atoms with Crippen molar-refractivity contribution in [3.63, 3.8) is 0 Å². The van der Waals surface area contributed by atoms with Gasteiger partial charge >= 0.3 is 0 Å². The van der Waals surface area contributed by atoms with Crippen molar-refractivity contribution in [1.29, 1.82) is 0 Å². The van der Waals surface area contributed by atoms with E-state index in [-0.39, 0.29) is 17.5 Å². The molecular weight excluding hydrogens is 282 g/mol. The van der Waals surface area contributed by atoms with Crippen molar-refractivity contribution in [2.24, 2.45) is 0 Å². The predicted molar refractivity (Wildman–Crippen MR) is 82.4 cm³/mol. The summed E-state index contributed by atoms with van der Waals surface area (Å²) in [5, 5.41) is 2.71. The van der Waals surface area contributed by atoms with E-state index in [1.54, 1.807) is 6.20 Å². The van der Waals surface area contributed by atoms with Gasteiger partial charge in [0.1, 0.15) is 5.69 Å². The first kappa shape index (κ1) is 16.4. The van der Waals surface area contributed by atoms with Crippen LogP contribution in [0.25, 0.3) is 0 Å². The molecular formula is C15H23N5O2. The van der Waals surface area contributed by atoms with Crippen molar-refractivity contribution in [1.82, 2.24) is 25.1 Å². The van der Waals surface area contributed by atoms with Crippen LogP contribution < -0.4 is 5.32 Å². The van der Waals surface area contributed by atoms with Gasteiger partial charge in [0.25, 0.3) is 5.91 Å². The number of hydrogen-bond acceptors (Lipinski definition) is 5. The molecule has 1 aliphatic heterocycles. The van der Waals surface area contributed by atoms with Crippen LogP contribution in [0, 0.1) is 6.92 Å². The molecule has 0 radical (unpaired) electrons. The molecule has 0 aromatic carbocycles. The lowest BCUT2D eigenvalue weighted by Gasteiger charge is -2.34. The molecule has 0 atom stereocenters. The quantitative estimate of drug-likeness (QED) is 0.833. The summed E-state index contributed by atoms with van der Waals surface area (Å²) < 4.78 is 0. The molecule has 0 unspecified atom stereocenters. The fourth-order valence-electron chi connectivity index (χ4n) is 2.35. The van der Waals surface area contributed by atoms with Crippen LogP contribution in [0.15, 0.2) is 12.4 Å². The van der Waals surface area contributed by atoms with Gasteiger partial charge in [-0.1, -0.05) is 6.92 Å². The second-order valence-corrected chi connectivity index (χ2v) is 5.36. The van der Waals surface area contributed by atoms with Gasteiger partial charge in [-0.05, 0) is 13.5 Å². The fraction of sp³-hybridized carbons (Fsp3) is 0.600. The molecule has 0 saturated carbocycles. The minimum Gasteiger partial charge on any atom is -0.350 e. The van der Waals surface area contributed by atoms with Gasteiger partial charge in [-0.2, -0.15) is 0 Å². The second-order valence-electron chi connectivity index (χ2n) is 5.36. The molecule has 0 bridgehead atoms. The van der Waals surface area contributed by atoms with E-state index in [4.69, 9.17) is 0 Å². The van der Waals surface area contributed by atoms with Gasteiger partial charge in [0.15, 0.2) is 0 Å². The Kier molecular flexibility index (Phi) is 5.83. The van der Waals surface area contributed by atoms with Gasteiger partial charge in [-0.3, -0.25) is 14.6 Å². The highest BCUT2D eigenvalue weighted by Gasteiger charge is 2.19.